The Hall–Kier alpha value is -0.800. The van der Waals surface area contributed by atoms with Crippen LogP contribution in [0.1, 0.15) is 39.5 Å². The molecule has 1 atom stereocenters. The summed E-state index contributed by atoms with van der Waals surface area (Å²) in [4.78, 5) is 1.25. The quantitative estimate of drug-likeness (QED) is 0.705. The summed E-state index contributed by atoms with van der Waals surface area (Å²) in [5, 5.41) is 12.5. The number of rotatable bonds is 9. The van der Waals surface area contributed by atoms with Crippen molar-refractivity contribution in [1.29, 1.82) is 5.26 Å². The number of hydrogen-bond acceptors (Lipinski definition) is 3. The molecule has 0 radical (unpaired) electrons. The molecule has 1 N–H and O–H groups in total. The van der Waals surface area contributed by atoms with E-state index in [0.717, 1.165) is 13.0 Å². The zero-order valence-corrected chi connectivity index (χ0v) is 12.0. The van der Waals surface area contributed by atoms with Crippen LogP contribution in [-0.4, -0.2) is 43.3 Å². The third-order valence-electron chi connectivity index (χ3n) is 3.12. The minimum Gasteiger partial charge on any atom is -0.299 e. The van der Waals surface area contributed by atoms with Gasteiger partial charge in [0.15, 0.2) is 0 Å². The van der Waals surface area contributed by atoms with Gasteiger partial charge in [-0.3, -0.25) is 10.2 Å². The molecule has 0 aliphatic carbocycles. The smallest absolute Gasteiger partial charge is 0.299 e. The Morgan fingerprint density at radius 1 is 1.26 bits per heavy atom. The minimum absolute atomic E-state index is 0.344. The summed E-state index contributed by atoms with van der Waals surface area (Å²) in [6, 6.07) is 2.27. The first-order valence-corrected chi connectivity index (χ1v) is 6.70. The van der Waals surface area contributed by atoms with Crippen LogP contribution in [0.25, 0.3) is 0 Å². The molecule has 0 aromatic heterocycles. The topological polar surface area (TPSA) is 39.1 Å². The molecule has 6 heteroatoms. The number of nitriles is 1. The van der Waals surface area contributed by atoms with Crippen LogP contribution in [0.15, 0.2) is 0 Å². The van der Waals surface area contributed by atoms with E-state index < -0.39 is 18.3 Å². The van der Waals surface area contributed by atoms with E-state index in [4.69, 9.17) is 0 Å². The molecule has 0 heterocycles. The second-order valence-electron chi connectivity index (χ2n) is 4.93. The number of nitrogens with one attached hydrogen (secondary N) is 1. The zero-order chi connectivity index (χ0) is 14.9. The lowest BCUT2D eigenvalue weighted by Gasteiger charge is -2.27. The van der Waals surface area contributed by atoms with Crippen LogP contribution in [-0.2, 0) is 0 Å². The molecule has 0 aromatic carbocycles. The summed E-state index contributed by atoms with van der Waals surface area (Å²) in [5.74, 6) is 0. The van der Waals surface area contributed by atoms with E-state index in [-0.39, 0.29) is 0 Å². The van der Waals surface area contributed by atoms with Crippen molar-refractivity contribution >= 4 is 0 Å². The van der Waals surface area contributed by atoms with Gasteiger partial charge < -0.3 is 0 Å². The van der Waals surface area contributed by atoms with E-state index in [1.807, 2.05) is 13.8 Å². The van der Waals surface area contributed by atoms with Gasteiger partial charge >= 0.3 is 6.18 Å². The minimum atomic E-state index is -4.16. The standard InChI is InChI=1S/C13H24F3N3/c1-4-8-18-12(5-2,10-17)7-6-9-19(3)11-13(14,15)16/h18H,4-9,11H2,1-3H3. The van der Waals surface area contributed by atoms with Crippen LogP contribution in [0.5, 0.6) is 0 Å². The number of nitrogens with zero attached hydrogens (tertiary/aromatic N) is 2. The molecular weight excluding hydrogens is 255 g/mol. The predicted molar refractivity (Wildman–Crippen MR) is 69.7 cm³/mol. The van der Waals surface area contributed by atoms with Crippen molar-refractivity contribution in [2.75, 3.05) is 26.7 Å². The van der Waals surface area contributed by atoms with E-state index in [9.17, 15) is 18.4 Å². The Morgan fingerprint density at radius 3 is 2.32 bits per heavy atom. The van der Waals surface area contributed by atoms with E-state index >= 15 is 0 Å². The Labute approximate surface area is 113 Å². The van der Waals surface area contributed by atoms with Gasteiger partial charge in [-0.05, 0) is 45.8 Å². The molecular formula is C13H24F3N3. The predicted octanol–water partition coefficient (Wildman–Crippen LogP) is 2.93. The molecule has 3 nitrogen and oxygen atoms in total. The number of hydrogen-bond donors (Lipinski definition) is 1. The molecule has 0 fully saturated rings. The number of halogens is 3. The highest BCUT2D eigenvalue weighted by Crippen LogP contribution is 2.19. The van der Waals surface area contributed by atoms with E-state index in [0.29, 0.717) is 25.8 Å². The molecule has 0 amide bonds. The van der Waals surface area contributed by atoms with Gasteiger partial charge in [-0.15, -0.1) is 0 Å². The SMILES string of the molecule is CCCNC(C#N)(CC)CCCN(C)CC(F)(F)F. The van der Waals surface area contributed by atoms with Gasteiger partial charge in [-0.25, -0.2) is 0 Å². The van der Waals surface area contributed by atoms with Crippen LogP contribution in [0, 0.1) is 11.3 Å². The molecule has 1 unspecified atom stereocenters. The summed E-state index contributed by atoms with van der Waals surface area (Å²) in [5.41, 5.74) is -0.602. The normalized spacial score (nSPS) is 15.3. The Kier molecular flexibility index (Phi) is 8.03. The molecule has 0 rings (SSSR count). The molecule has 19 heavy (non-hydrogen) atoms. The lowest BCUT2D eigenvalue weighted by Crippen LogP contribution is -2.44. The monoisotopic (exact) mass is 279 g/mol. The van der Waals surface area contributed by atoms with Gasteiger partial charge in [-0.2, -0.15) is 18.4 Å². The molecule has 0 aliphatic rings. The van der Waals surface area contributed by atoms with Crippen LogP contribution in [0.4, 0.5) is 13.2 Å². The maximum Gasteiger partial charge on any atom is 0.401 e. The maximum absolute atomic E-state index is 12.2. The van der Waals surface area contributed by atoms with Crippen molar-refractivity contribution < 1.29 is 13.2 Å². The van der Waals surface area contributed by atoms with Gasteiger partial charge in [0.1, 0.15) is 5.54 Å². The van der Waals surface area contributed by atoms with E-state index in [1.165, 1.54) is 11.9 Å². The van der Waals surface area contributed by atoms with Crippen molar-refractivity contribution in [3.63, 3.8) is 0 Å². The maximum atomic E-state index is 12.2. The van der Waals surface area contributed by atoms with Gasteiger partial charge in [0, 0.05) is 0 Å². The first-order valence-electron chi connectivity index (χ1n) is 6.70. The largest absolute Gasteiger partial charge is 0.401 e. The molecule has 0 saturated heterocycles. The summed E-state index contributed by atoms with van der Waals surface area (Å²) >= 11 is 0. The molecule has 0 aliphatic heterocycles. The molecule has 0 saturated carbocycles. The van der Waals surface area contributed by atoms with E-state index in [1.54, 1.807) is 0 Å². The molecule has 0 spiro atoms. The highest BCUT2D eigenvalue weighted by molar-refractivity contribution is 5.06. The molecule has 0 bridgehead atoms. The van der Waals surface area contributed by atoms with Crippen molar-refractivity contribution in [3.05, 3.63) is 0 Å². The number of alkyl halides is 3. The average molecular weight is 279 g/mol. The Morgan fingerprint density at radius 2 is 1.89 bits per heavy atom. The molecule has 0 aromatic rings. The fraction of sp³-hybridized carbons (Fsp3) is 0.923. The van der Waals surface area contributed by atoms with Gasteiger partial charge in [0.25, 0.3) is 0 Å². The highest BCUT2D eigenvalue weighted by atomic mass is 19.4. The Bertz CT molecular complexity index is 286. The van der Waals surface area contributed by atoms with Crippen LogP contribution in [0.2, 0.25) is 0 Å². The third-order valence-corrected chi connectivity index (χ3v) is 3.12. The van der Waals surface area contributed by atoms with Crippen LogP contribution >= 0.6 is 0 Å². The third kappa shape index (κ3) is 8.06. The Balaban J connectivity index is 4.16. The van der Waals surface area contributed by atoms with Crippen LogP contribution in [0.3, 0.4) is 0 Å². The lowest BCUT2D eigenvalue weighted by molar-refractivity contribution is -0.143. The highest BCUT2D eigenvalue weighted by Gasteiger charge is 2.30. The van der Waals surface area contributed by atoms with Crippen molar-refractivity contribution in [1.82, 2.24) is 10.2 Å². The second kappa shape index (κ2) is 8.39. The fourth-order valence-electron chi connectivity index (χ4n) is 1.96. The van der Waals surface area contributed by atoms with E-state index in [2.05, 4.69) is 11.4 Å². The van der Waals surface area contributed by atoms with Crippen molar-refractivity contribution in [3.8, 4) is 6.07 Å². The van der Waals surface area contributed by atoms with Crippen molar-refractivity contribution in [2.45, 2.75) is 51.2 Å². The van der Waals surface area contributed by atoms with Crippen molar-refractivity contribution in [2.24, 2.45) is 0 Å². The first-order chi connectivity index (χ1) is 8.78. The summed E-state index contributed by atoms with van der Waals surface area (Å²) in [6.07, 6.45) is -1.43. The summed E-state index contributed by atoms with van der Waals surface area (Å²) in [7, 11) is 1.45. The fourth-order valence-corrected chi connectivity index (χ4v) is 1.96. The first kappa shape index (κ1) is 18.2. The second-order valence-corrected chi connectivity index (χ2v) is 4.93. The van der Waals surface area contributed by atoms with Gasteiger partial charge in [-0.1, -0.05) is 13.8 Å². The van der Waals surface area contributed by atoms with Gasteiger partial charge in [0.2, 0.25) is 0 Å². The summed E-state index contributed by atoms with van der Waals surface area (Å²) < 4.78 is 36.5. The summed E-state index contributed by atoms with van der Waals surface area (Å²) in [6.45, 7) is 4.13. The van der Waals surface area contributed by atoms with Crippen LogP contribution < -0.4 is 5.32 Å². The lowest BCUT2D eigenvalue weighted by atomic mass is 9.91. The average Bonchev–Trinajstić information content (AvgIpc) is 2.31. The molecule has 112 valence electrons. The van der Waals surface area contributed by atoms with Gasteiger partial charge in [0.05, 0.1) is 12.6 Å². The zero-order valence-electron chi connectivity index (χ0n) is 12.0.